The molecule has 30 heavy (non-hydrogen) atoms. The van der Waals surface area contributed by atoms with Crippen molar-refractivity contribution in [1.82, 2.24) is 9.80 Å². The number of carbonyl (C=O) groups excluding carboxylic acids is 3. The van der Waals surface area contributed by atoms with Crippen LogP contribution >= 0.6 is 11.6 Å². The summed E-state index contributed by atoms with van der Waals surface area (Å²) in [6.45, 7) is -0.700. The maximum absolute atomic E-state index is 14.5. The van der Waals surface area contributed by atoms with Gasteiger partial charge in [-0.2, -0.15) is 0 Å². The van der Waals surface area contributed by atoms with E-state index < -0.39 is 54.2 Å². The number of imide groups is 1. The molecule has 1 aliphatic heterocycles. The average Bonchev–Trinajstić information content (AvgIpc) is 3.52. The molecule has 156 valence electrons. The summed E-state index contributed by atoms with van der Waals surface area (Å²) in [6.07, 6.45) is -2.15. The highest BCUT2D eigenvalue weighted by atomic mass is 35.5. The van der Waals surface area contributed by atoms with E-state index in [1.807, 2.05) is 0 Å². The third-order valence-corrected chi connectivity index (χ3v) is 5.53. The van der Waals surface area contributed by atoms with Gasteiger partial charge in [0, 0.05) is 11.6 Å². The Morgan fingerprint density at radius 1 is 1.07 bits per heavy atom. The number of benzene rings is 2. The predicted octanol–water partition coefficient (Wildman–Crippen LogP) is 4.07. The van der Waals surface area contributed by atoms with E-state index in [9.17, 15) is 27.6 Å². The van der Waals surface area contributed by atoms with E-state index in [4.69, 9.17) is 11.6 Å². The van der Waals surface area contributed by atoms with Crippen LogP contribution in [0.3, 0.4) is 0 Å². The van der Waals surface area contributed by atoms with Crippen LogP contribution in [0.25, 0.3) is 0 Å². The number of carbonyl (C=O) groups is 3. The Bertz CT molecular complexity index is 1010. The molecule has 2 aromatic rings. The van der Waals surface area contributed by atoms with Crippen molar-refractivity contribution in [1.29, 1.82) is 0 Å². The number of hydrogen-bond acceptors (Lipinski definition) is 3. The fraction of sp³-hybridized carbons (Fsp3) is 0.286. The van der Waals surface area contributed by atoms with Crippen LogP contribution in [0.1, 0.15) is 45.2 Å². The van der Waals surface area contributed by atoms with E-state index in [1.54, 1.807) is 12.1 Å². The van der Waals surface area contributed by atoms with Crippen LogP contribution < -0.4 is 0 Å². The minimum absolute atomic E-state index is 0.152. The molecule has 1 atom stereocenters. The van der Waals surface area contributed by atoms with Crippen molar-refractivity contribution in [2.45, 2.75) is 31.4 Å². The van der Waals surface area contributed by atoms with Crippen molar-refractivity contribution in [3.8, 4) is 0 Å². The maximum Gasteiger partial charge on any atom is 0.262 e. The molecule has 2 aromatic carbocycles. The summed E-state index contributed by atoms with van der Waals surface area (Å²) >= 11 is 5.75. The summed E-state index contributed by atoms with van der Waals surface area (Å²) in [5.41, 5.74) is -0.0979. The summed E-state index contributed by atoms with van der Waals surface area (Å²) in [6, 6.07) is 7.40. The molecular formula is C21H16ClF3N2O3. The van der Waals surface area contributed by atoms with Gasteiger partial charge >= 0.3 is 0 Å². The monoisotopic (exact) mass is 436 g/mol. The quantitative estimate of drug-likeness (QED) is 0.641. The Morgan fingerprint density at radius 2 is 1.67 bits per heavy atom. The molecule has 2 aliphatic rings. The molecule has 1 saturated carbocycles. The van der Waals surface area contributed by atoms with E-state index >= 15 is 0 Å². The fourth-order valence-electron chi connectivity index (χ4n) is 3.69. The zero-order valence-corrected chi connectivity index (χ0v) is 16.3. The highest BCUT2D eigenvalue weighted by Gasteiger charge is 2.45. The van der Waals surface area contributed by atoms with Crippen LogP contribution in [0, 0.1) is 5.82 Å². The Kier molecular flexibility index (Phi) is 5.27. The second kappa shape index (κ2) is 7.75. The number of nitrogens with zero attached hydrogens (tertiary/aromatic N) is 2. The smallest absolute Gasteiger partial charge is 0.262 e. The molecule has 1 fully saturated rings. The zero-order valence-electron chi connectivity index (χ0n) is 15.5. The molecule has 1 unspecified atom stereocenters. The molecule has 0 radical (unpaired) electrons. The minimum Gasteiger partial charge on any atom is -0.325 e. The van der Waals surface area contributed by atoms with Gasteiger partial charge in [-0.25, -0.2) is 13.2 Å². The van der Waals surface area contributed by atoms with Crippen molar-refractivity contribution >= 4 is 29.3 Å². The number of fused-ring (bicyclic) bond motifs is 1. The topological polar surface area (TPSA) is 57.7 Å². The van der Waals surface area contributed by atoms with Gasteiger partial charge in [0.25, 0.3) is 18.2 Å². The van der Waals surface area contributed by atoms with Gasteiger partial charge in [-0.3, -0.25) is 19.3 Å². The number of amides is 3. The Labute approximate surface area is 175 Å². The minimum atomic E-state index is -3.09. The van der Waals surface area contributed by atoms with E-state index in [2.05, 4.69) is 0 Å². The zero-order chi connectivity index (χ0) is 21.6. The summed E-state index contributed by atoms with van der Waals surface area (Å²) in [7, 11) is 0. The van der Waals surface area contributed by atoms with Crippen molar-refractivity contribution in [2.24, 2.45) is 0 Å². The van der Waals surface area contributed by atoms with Crippen LogP contribution in [0.2, 0.25) is 5.02 Å². The second-order valence-corrected chi connectivity index (χ2v) is 7.60. The molecule has 1 heterocycles. The van der Waals surface area contributed by atoms with Gasteiger partial charge in [0.05, 0.1) is 16.1 Å². The van der Waals surface area contributed by atoms with Crippen LogP contribution in [0.5, 0.6) is 0 Å². The third kappa shape index (κ3) is 3.45. The first-order valence-electron chi connectivity index (χ1n) is 9.29. The normalized spacial score (nSPS) is 16.8. The standard InChI is InChI=1S/C21H16ClF3N2O3/c22-15-7-3-6-14(17(15)23)18(19(24)25)27(11-8-9-11)16(28)10-26-20(29)12-4-1-2-5-13(12)21(26)30/h1-7,11,18-19H,8-10H2. The van der Waals surface area contributed by atoms with E-state index in [0.29, 0.717) is 12.8 Å². The van der Waals surface area contributed by atoms with Gasteiger partial charge < -0.3 is 4.90 Å². The van der Waals surface area contributed by atoms with Gasteiger partial charge in [0.1, 0.15) is 18.4 Å². The molecule has 0 spiro atoms. The molecular weight excluding hydrogens is 421 g/mol. The maximum atomic E-state index is 14.5. The van der Waals surface area contributed by atoms with Crippen LogP contribution in [0.15, 0.2) is 42.5 Å². The number of hydrogen-bond donors (Lipinski definition) is 0. The molecule has 4 rings (SSSR count). The molecule has 0 N–H and O–H groups in total. The lowest BCUT2D eigenvalue weighted by molar-refractivity contribution is -0.138. The van der Waals surface area contributed by atoms with Crippen LogP contribution in [-0.2, 0) is 4.79 Å². The Morgan fingerprint density at radius 3 is 2.20 bits per heavy atom. The van der Waals surface area contributed by atoms with Crippen molar-refractivity contribution in [3.63, 3.8) is 0 Å². The van der Waals surface area contributed by atoms with Gasteiger partial charge in [0.15, 0.2) is 0 Å². The summed E-state index contributed by atoms with van der Waals surface area (Å²) in [5, 5.41) is -0.332. The third-order valence-electron chi connectivity index (χ3n) is 5.24. The molecule has 0 aromatic heterocycles. The molecule has 5 nitrogen and oxygen atoms in total. The van der Waals surface area contributed by atoms with Gasteiger partial charge in [0.2, 0.25) is 5.91 Å². The van der Waals surface area contributed by atoms with Gasteiger partial charge in [-0.15, -0.1) is 0 Å². The number of halogens is 4. The first kappa shape index (κ1) is 20.4. The molecule has 3 amide bonds. The fourth-order valence-corrected chi connectivity index (χ4v) is 3.88. The number of alkyl halides is 2. The molecule has 1 aliphatic carbocycles. The summed E-state index contributed by atoms with van der Waals surface area (Å²) in [5.74, 6) is -3.20. The lowest BCUT2D eigenvalue weighted by Crippen LogP contribution is -2.47. The second-order valence-electron chi connectivity index (χ2n) is 7.20. The van der Waals surface area contributed by atoms with Crippen molar-refractivity contribution in [3.05, 3.63) is 70.0 Å². The predicted molar refractivity (Wildman–Crippen MR) is 102 cm³/mol. The van der Waals surface area contributed by atoms with Gasteiger partial charge in [-0.1, -0.05) is 35.9 Å². The number of rotatable bonds is 6. The lowest BCUT2D eigenvalue weighted by Gasteiger charge is -2.33. The van der Waals surface area contributed by atoms with E-state index in [1.165, 1.54) is 24.3 Å². The van der Waals surface area contributed by atoms with Crippen LogP contribution in [0.4, 0.5) is 13.2 Å². The average molecular weight is 437 g/mol. The molecule has 0 saturated heterocycles. The van der Waals surface area contributed by atoms with Crippen LogP contribution in [-0.4, -0.2) is 46.5 Å². The van der Waals surface area contributed by atoms with E-state index in [0.717, 1.165) is 15.9 Å². The van der Waals surface area contributed by atoms with Gasteiger partial charge in [-0.05, 0) is 31.0 Å². The largest absolute Gasteiger partial charge is 0.325 e. The highest BCUT2D eigenvalue weighted by Crippen LogP contribution is 2.40. The Balaban J connectivity index is 1.64. The van der Waals surface area contributed by atoms with Crippen molar-refractivity contribution in [2.75, 3.05) is 6.54 Å². The Hall–Kier alpha value is -2.87. The van der Waals surface area contributed by atoms with E-state index in [-0.39, 0.29) is 16.1 Å². The van der Waals surface area contributed by atoms with Crippen molar-refractivity contribution < 1.29 is 27.6 Å². The first-order valence-corrected chi connectivity index (χ1v) is 9.67. The SMILES string of the molecule is O=C1c2ccccc2C(=O)N1CC(=O)N(C1CC1)C(c1cccc(Cl)c1F)C(F)F. The first-order chi connectivity index (χ1) is 14.3. The lowest BCUT2D eigenvalue weighted by atomic mass is 10.0. The molecule has 0 bridgehead atoms. The highest BCUT2D eigenvalue weighted by molar-refractivity contribution is 6.30. The molecule has 9 heteroatoms. The summed E-state index contributed by atoms with van der Waals surface area (Å²) < 4.78 is 42.6. The summed E-state index contributed by atoms with van der Waals surface area (Å²) in [4.78, 5) is 39.7.